The highest BCUT2D eigenvalue weighted by molar-refractivity contribution is 7.13. The topological polar surface area (TPSA) is 61.0 Å². The van der Waals surface area contributed by atoms with Gasteiger partial charge in [-0.3, -0.25) is 9.89 Å². The molecule has 1 amide bonds. The Hall–Kier alpha value is -1.92. The van der Waals surface area contributed by atoms with Gasteiger partial charge in [-0.15, -0.1) is 11.3 Å². The number of carbonyl (C=O) groups excluding carboxylic acids is 1. The van der Waals surface area contributed by atoms with E-state index in [1.54, 1.807) is 17.5 Å². The number of H-pyrrole nitrogens is 1. The average molecular weight is 314 g/mol. The molecule has 0 aromatic carbocycles. The number of hydrogen-bond donors (Lipinski definition) is 2. The number of aromatic amines is 1. The van der Waals surface area contributed by atoms with Crippen molar-refractivity contribution in [3.05, 3.63) is 41.2 Å². The molecule has 2 aromatic rings. The van der Waals surface area contributed by atoms with Gasteiger partial charge in [0.15, 0.2) is 0 Å². The van der Waals surface area contributed by atoms with Crippen LogP contribution < -0.4 is 5.32 Å². The molecule has 1 unspecified atom stereocenters. The Morgan fingerprint density at radius 1 is 1.45 bits per heavy atom. The molecule has 22 heavy (non-hydrogen) atoms. The Bertz CT molecular complexity index is 704. The number of piperazine rings is 1. The zero-order valence-corrected chi connectivity index (χ0v) is 13.0. The largest absolute Gasteiger partial charge is 0.310 e. The fourth-order valence-electron chi connectivity index (χ4n) is 3.21. The van der Waals surface area contributed by atoms with Crippen LogP contribution in [-0.4, -0.2) is 40.1 Å². The van der Waals surface area contributed by atoms with Crippen molar-refractivity contribution in [2.75, 3.05) is 13.1 Å². The van der Waals surface area contributed by atoms with Crippen LogP contribution in [0.2, 0.25) is 0 Å². The van der Waals surface area contributed by atoms with Gasteiger partial charge in [0.1, 0.15) is 0 Å². The van der Waals surface area contributed by atoms with E-state index in [1.807, 2.05) is 22.5 Å². The number of rotatable bonds is 2. The first-order valence-corrected chi connectivity index (χ1v) is 8.54. The fourth-order valence-corrected chi connectivity index (χ4v) is 4.07. The molecule has 2 N–H and O–H groups in total. The van der Waals surface area contributed by atoms with Crippen molar-refractivity contribution in [1.29, 1.82) is 0 Å². The summed E-state index contributed by atoms with van der Waals surface area (Å²) in [5.74, 6) is 0.116. The second-order valence-corrected chi connectivity index (χ2v) is 6.62. The lowest BCUT2D eigenvalue weighted by Gasteiger charge is -2.38. The molecular weight excluding hydrogens is 296 g/mol. The number of hydrogen-bond acceptors (Lipinski definition) is 4. The standard InChI is InChI=1S/C16H18N4OS/c21-16(11-7-15(22-10-11)12-8-18-19-9-12)20-6-5-17-13-3-1-2-4-14(13)20/h4,7-10,13,17H,1-3,5-6H2,(H,18,19). The van der Waals surface area contributed by atoms with Gasteiger partial charge in [-0.2, -0.15) is 5.10 Å². The smallest absolute Gasteiger partial charge is 0.258 e. The minimum Gasteiger partial charge on any atom is -0.310 e. The van der Waals surface area contributed by atoms with E-state index in [2.05, 4.69) is 21.6 Å². The number of nitrogens with zero attached hydrogens (tertiary/aromatic N) is 2. The Kier molecular flexibility index (Phi) is 3.56. The van der Waals surface area contributed by atoms with Gasteiger partial charge in [-0.1, -0.05) is 6.08 Å². The summed E-state index contributed by atoms with van der Waals surface area (Å²) in [6, 6.07) is 2.32. The third-order valence-corrected chi connectivity index (χ3v) is 5.30. The van der Waals surface area contributed by atoms with Crippen LogP contribution in [0.3, 0.4) is 0 Å². The summed E-state index contributed by atoms with van der Waals surface area (Å²) in [6.45, 7) is 1.62. The quantitative estimate of drug-likeness (QED) is 0.896. The summed E-state index contributed by atoms with van der Waals surface area (Å²) in [5, 5.41) is 12.2. The molecule has 1 atom stereocenters. The van der Waals surface area contributed by atoms with E-state index < -0.39 is 0 Å². The average Bonchev–Trinajstić information content (AvgIpc) is 3.24. The van der Waals surface area contributed by atoms with E-state index in [-0.39, 0.29) is 5.91 Å². The summed E-state index contributed by atoms with van der Waals surface area (Å²) >= 11 is 1.59. The van der Waals surface area contributed by atoms with E-state index >= 15 is 0 Å². The van der Waals surface area contributed by atoms with Gasteiger partial charge < -0.3 is 10.2 Å². The van der Waals surface area contributed by atoms with Crippen molar-refractivity contribution in [3.63, 3.8) is 0 Å². The van der Waals surface area contributed by atoms with Gasteiger partial charge in [0.25, 0.3) is 5.91 Å². The molecule has 1 aliphatic carbocycles. The van der Waals surface area contributed by atoms with Gasteiger partial charge in [0.05, 0.1) is 11.8 Å². The van der Waals surface area contributed by atoms with Gasteiger partial charge in [-0.05, 0) is 25.3 Å². The molecule has 3 heterocycles. The predicted octanol–water partition coefficient (Wildman–Crippen LogP) is 2.62. The molecule has 6 heteroatoms. The molecule has 0 radical (unpaired) electrons. The maximum absolute atomic E-state index is 12.9. The molecular formula is C16H18N4OS. The minimum atomic E-state index is 0.116. The summed E-state index contributed by atoms with van der Waals surface area (Å²) in [6.07, 6.45) is 9.25. The second-order valence-electron chi connectivity index (χ2n) is 5.71. The van der Waals surface area contributed by atoms with Crippen LogP contribution >= 0.6 is 11.3 Å². The Balaban J connectivity index is 1.60. The lowest BCUT2D eigenvalue weighted by atomic mass is 9.96. The number of nitrogens with one attached hydrogen (secondary N) is 2. The number of allylic oxidation sites excluding steroid dienone is 1. The Morgan fingerprint density at radius 3 is 3.27 bits per heavy atom. The van der Waals surface area contributed by atoms with Crippen molar-refractivity contribution in [1.82, 2.24) is 20.4 Å². The third kappa shape index (κ3) is 2.38. The van der Waals surface area contributed by atoms with Gasteiger partial charge in [0, 0.05) is 46.8 Å². The lowest BCUT2D eigenvalue weighted by Crippen LogP contribution is -2.51. The fraction of sp³-hybridized carbons (Fsp3) is 0.375. The molecule has 2 aliphatic rings. The van der Waals surface area contributed by atoms with Crippen LogP contribution in [0.1, 0.15) is 29.6 Å². The third-order valence-electron chi connectivity index (χ3n) is 4.32. The molecule has 0 saturated carbocycles. The van der Waals surface area contributed by atoms with Crippen LogP contribution in [0.15, 0.2) is 35.6 Å². The van der Waals surface area contributed by atoms with E-state index in [4.69, 9.17) is 0 Å². The molecule has 1 fully saturated rings. The summed E-state index contributed by atoms with van der Waals surface area (Å²) in [5.41, 5.74) is 2.96. The van der Waals surface area contributed by atoms with E-state index in [0.29, 0.717) is 6.04 Å². The van der Waals surface area contributed by atoms with Crippen molar-refractivity contribution >= 4 is 17.2 Å². The highest BCUT2D eigenvalue weighted by atomic mass is 32.1. The highest BCUT2D eigenvalue weighted by Gasteiger charge is 2.30. The van der Waals surface area contributed by atoms with Crippen molar-refractivity contribution < 1.29 is 4.79 Å². The molecule has 0 spiro atoms. The van der Waals surface area contributed by atoms with Crippen LogP contribution in [0.4, 0.5) is 0 Å². The lowest BCUT2D eigenvalue weighted by molar-refractivity contribution is 0.0767. The van der Waals surface area contributed by atoms with Crippen molar-refractivity contribution in [3.8, 4) is 10.4 Å². The maximum atomic E-state index is 12.9. The number of carbonyl (C=O) groups is 1. The second kappa shape index (κ2) is 5.70. The normalized spacial score (nSPS) is 21.4. The molecule has 2 aromatic heterocycles. The SMILES string of the molecule is O=C(c1csc(-c2cn[nH]c2)c1)N1CCNC2CCCC=C21. The zero-order valence-electron chi connectivity index (χ0n) is 12.2. The molecule has 1 aliphatic heterocycles. The van der Waals surface area contributed by atoms with Crippen LogP contribution in [0.5, 0.6) is 0 Å². The van der Waals surface area contributed by atoms with E-state index in [0.717, 1.165) is 41.9 Å². The maximum Gasteiger partial charge on any atom is 0.258 e. The number of thiophene rings is 1. The van der Waals surface area contributed by atoms with Crippen LogP contribution in [-0.2, 0) is 0 Å². The van der Waals surface area contributed by atoms with Gasteiger partial charge >= 0.3 is 0 Å². The van der Waals surface area contributed by atoms with E-state index in [9.17, 15) is 4.79 Å². The minimum absolute atomic E-state index is 0.116. The van der Waals surface area contributed by atoms with E-state index in [1.165, 1.54) is 12.1 Å². The Morgan fingerprint density at radius 2 is 2.41 bits per heavy atom. The first-order chi connectivity index (χ1) is 10.8. The Labute approximate surface area is 133 Å². The number of aromatic nitrogens is 2. The van der Waals surface area contributed by atoms with Crippen molar-refractivity contribution in [2.24, 2.45) is 0 Å². The van der Waals surface area contributed by atoms with Gasteiger partial charge in [0.2, 0.25) is 0 Å². The predicted molar refractivity (Wildman–Crippen MR) is 86.7 cm³/mol. The van der Waals surface area contributed by atoms with Crippen LogP contribution in [0.25, 0.3) is 10.4 Å². The van der Waals surface area contributed by atoms with Gasteiger partial charge in [-0.25, -0.2) is 0 Å². The zero-order chi connectivity index (χ0) is 14.9. The van der Waals surface area contributed by atoms with Crippen molar-refractivity contribution in [2.45, 2.75) is 25.3 Å². The number of amides is 1. The molecule has 114 valence electrons. The molecule has 1 saturated heterocycles. The number of fused-ring (bicyclic) bond motifs is 1. The highest BCUT2D eigenvalue weighted by Crippen LogP contribution is 2.30. The van der Waals surface area contributed by atoms with Crippen LogP contribution in [0, 0.1) is 0 Å². The summed E-state index contributed by atoms with van der Waals surface area (Å²) < 4.78 is 0. The monoisotopic (exact) mass is 314 g/mol. The summed E-state index contributed by atoms with van der Waals surface area (Å²) in [4.78, 5) is 15.9. The first-order valence-electron chi connectivity index (χ1n) is 7.66. The molecule has 4 rings (SSSR count). The summed E-state index contributed by atoms with van der Waals surface area (Å²) in [7, 11) is 0. The first kappa shape index (κ1) is 13.7. The molecule has 5 nitrogen and oxygen atoms in total. The molecule has 0 bridgehead atoms.